The van der Waals surface area contributed by atoms with Crippen molar-refractivity contribution in [1.29, 1.82) is 0 Å². The van der Waals surface area contributed by atoms with Gasteiger partial charge in [-0.25, -0.2) is 0 Å². The molecule has 0 aliphatic carbocycles. The first-order valence-electron chi connectivity index (χ1n) is 5.74. The van der Waals surface area contributed by atoms with E-state index in [-0.39, 0.29) is 0 Å². The summed E-state index contributed by atoms with van der Waals surface area (Å²) in [6.07, 6.45) is -4.14. The third kappa shape index (κ3) is 3.41. The van der Waals surface area contributed by atoms with E-state index < -0.39 is 12.7 Å². The molecule has 1 saturated heterocycles. The first-order chi connectivity index (χ1) is 8.90. The number of halogens is 3. The van der Waals surface area contributed by atoms with Gasteiger partial charge in [-0.05, 0) is 11.5 Å². The second-order valence-electron chi connectivity index (χ2n) is 4.28. The van der Waals surface area contributed by atoms with Gasteiger partial charge in [0.05, 0.1) is 13.7 Å². The fourth-order valence-corrected chi connectivity index (χ4v) is 2.88. The zero-order valence-corrected chi connectivity index (χ0v) is 11.2. The van der Waals surface area contributed by atoms with Crippen LogP contribution >= 0.6 is 11.5 Å². The Morgan fingerprint density at radius 3 is 2.47 bits per heavy atom. The standard InChI is InChI=1S/C10H15F3N4OS/c1-18-7-8(14)15-19-9(7)17-4-2-16(3-5-17)6-10(11,12)13/h2-6H2,1H3,(H2,14,15). The van der Waals surface area contributed by atoms with Gasteiger partial charge in [0, 0.05) is 26.2 Å². The SMILES string of the molecule is COc1c(N)nsc1N1CCN(CC(F)(F)F)CC1. The molecule has 0 bridgehead atoms. The fourth-order valence-electron chi connectivity index (χ4n) is 2.04. The molecular weight excluding hydrogens is 281 g/mol. The van der Waals surface area contributed by atoms with E-state index in [1.54, 1.807) is 0 Å². The Bertz CT molecular complexity index is 429. The van der Waals surface area contributed by atoms with Crippen molar-refractivity contribution >= 4 is 22.4 Å². The summed E-state index contributed by atoms with van der Waals surface area (Å²) in [6.45, 7) is 0.881. The van der Waals surface area contributed by atoms with Crippen LogP contribution in [0.15, 0.2) is 0 Å². The van der Waals surface area contributed by atoms with Crippen LogP contribution in [0.25, 0.3) is 0 Å². The smallest absolute Gasteiger partial charge is 0.401 e. The molecule has 0 unspecified atom stereocenters. The van der Waals surface area contributed by atoms with E-state index in [4.69, 9.17) is 10.5 Å². The van der Waals surface area contributed by atoms with Gasteiger partial charge in [-0.15, -0.1) is 0 Å². The number of nitrogen functional groups attached to an aromatic ring is 1. The van der Waals surface area contributed by atoms with Crippen molar-refractivity contribution in [2.75, 3.05) is 50.5 Å². The Balaban J connectivity index is 1.96. The van der Waals surface area contributed by atoms with Crippen LogP contribution in [0, 0.1) is 0 Å². The van der Waals surface area contributed by atoms with Crippen LogP contribution in [0.4, 0.5) is 24.0 Å². The summed E-state index contributed by atoms with van der Waals surface area (Å²) in [4.78, 5) is 3.35. The highest BCUT2D eigenvalue weighted by molar-refractivity contribution is 7.11. The molecule has 0 atom stereocenters. The molecule has 0 spiro atoms. The molecule has 0 saturated carbocycles. The van der Waals surface area contributed by atoms with Crippen molar-refractivity contribution in [3.63, 3.8) is 0 Å². The lowest BCUT2D eigenvalue weighted by molar-refractivity contribution is -0.146. The van der Waals surface area contributed by atoms with Crippen molar-refractivity contribution in [1.82, 2.24) is 9.27 Å². The van der Waals surface area contributed by atoms with Gasteiger partial charge in [0.15, 0.2) is 16.6 Å². The molecule has 5 nitrogen and oxygen atoms in total. The van der Waals surface area contributed by atoms with E-state index >= 15 is 0 Å². The lowest BCUT2D eigenvalue weighted by atomic mass is 10.3. The average Bonchev–Trinajstić information content (AvgIpc) is 2.69. The predicted octanol–water partition coefficient (Wildman–Crippen LogP) is 1.42. The van der Waals surface area contributed by atoms with Crippen molar-refractivity contribution in [3.05, 3.63) is 0 Å². The van der Waals surface area contributed by atoms with Gasteiger partial charge in [-0.3, -0.25) is 4.90 Å². The van der Waals surface area contributed by atoms with Gasteiger partial charge in [0.2, 0.25) is 0 Å². The van der Waals surface area contributed by atoms with Crippen LogP contribution in [-0.4, -0.2) is 55.3 Å². The molecule has 2 N–H and O–H groups in total. The van der Waals surface area contributed by atoms with E-state index in [0.717, 1.165) is 5.00 Å². The minimum atomic E-state index is -4.14. The molecule has 0 radical (unpaired) electrons. The van der Waals surface area contributed by atoms with Gasteiger partial charge in [-0.2, -0.15) is 17.5 Å². The summed E-state index contributed by atoms with van der Waals surface area (Å²) in [5, 5.41) is 0.784. The number of rotatable bonds is 3. The quantitative estimate of drug-likeness (QED) is 0.914. The molecule has 2 rings (SSSR count). The number of methoxy groups -OCH3 is 1. The summed E-state index contributed by atoms with van der Waals surface area (Å²) in [5.74, 6) is 0.828. The maximum Gasteiger partial charge on any atom is 0.401 e. The van der Waals surface area contributed by atoms with Crippen LogP contribution in [0.5, 0.6) is 5.75 Å². The van der Waals surface area contributed by atoms with E-state index in [0.29, 0.717) is 37.7 Å². The third-order valence-electron chi connectivity index (χ3n) is 2.92. The highest BCUT2D eigenvalue weighted by Gasteiger charge is 2.32. The molecule has 1 aromatic rings. The molecule has 9 heteroatoms. The lowest BCUT2D eigenvalue weighted by Gasteiger charge is -2.35. The molecule has 0 aromatic carbocycles. The topological polar surface area (TPSA) is 54.6 Å². The van der Waals surface area contributed by atoms with E-state index in [1.807, 2.05) is 4.90 Å². The van der Waals surface area contributed by atoms with Crippen LogP contribution in [0.3, 0.4) is 0 Å². The van der Waals surface area contributed by atoms with Gasteiger partial charge < -0.3 is 15.4 Å². The Kier molecular flexibility index (Phi) is 4.04. The van der Waals surface area contributed by atoms with Crippen LogP contribution in [-0.2, 0) is 0 Å². The number of aromatic nitrogens is 1. The summed E-state index contributed by atoms with van der Waals surface area (Å²) in [6, 6.07) is 0. The van der Waals surface area contributed by atoms with Gasteiger partial charge in [0.1, 0.15) is 0 Å². The third-order valence-corrected chi connectivity index (χ3v) is 3.83. The molecule has 1 aliphatic rings. The Morgan fingerprint density at radius 1 is 1.32 bits per heavy atom. The van der Waals surface area contributed by atoms with E-state index in [2.05, 4.69) is 4.37 Å². The minimum absolute atomic E-state index is 0.320. The summed E-state index contributed by atoms with van der Waals surface area (Å²) in [7, 11) is 1.50. The molecule has 108 valence electrons. The van der Waals surface area contributed by atoms with Crippen LogP contribution in [0.1, 0.15) is 0 Å². The normalized spacial score (nSPS) is 17.8. The lowest BCUT2D eigenvalue weighted by Crippen LogP contribution is -2.49. The number of hydrogen-bond acceptors (Lipinski definition) is 6. The number of piperazine rings is 1. The summed E-state index contributed by atoms with van der Waals surface area (Å²) in [5.41, 5.74) is 5.66. The first-order valence-corrected chi connectivity index (χ1v) is 6.51. The fraction of sp³-hybridized carbons (Fsp3) is 0.700. The second-order valence-corrected chi connectivity index (χ2v) is 5.04. The highest BCUT2D eigenvalue weighted by atomic mass is 32.1. The van der Waals surface area contributed by atoms with Crippen molar-refractivity contribution in [2.24, 2.45) is 0 Å². The van der Waals surface area contributed by atoms with E-state index in [9.17, 15) is 13.2 Å². The van der Waals surface area contributed by atoms with Crippen molar-refractivity contribution in [2.45, 2.75) is 6.18 Å². The zero-order valence-electron chi connectivity index (χ0n) is 10.4. The first kappa shape index (κ1) is 14.2. The van der Waals surface area contributed by atoms with E-state index in [1.165, 1.54) is 23.5 Å². The van der Waals surface area contributed by atoms with Gasteiger partial charge in [0.25, 0.3) is 0 Å². The zero-order chi connectivity index (χ0) is 14.0. The van der Waals surface area contributed by atoms with Crippen LogP contribution in [0.2, 0.25) is 0 Å². The molecule has 1 aromatic heterocycles. The molecule has 0 amide bonds. The van der Waals surface area contributed by atoms with Gasteiger partial charge >= 0.3 is 6.18 Å². The minimum Gasteiger partial charge on any atom is -0.490 e. The number of nitrogens with two attached hydrogens (primary N) is 1. The number of hydrogen-bond donors (Lipinski definition) is 1. The Morgan fingerprint density at radius 2 is 1.95 bits per heavy atom. The molecule has 2 heterocycles. The molecular formula is C10H15F3N4OS. The maximum atomic E-state index is 12.3. The highest BCUT2D eigenvalue weighted by Crippen LogP contribution is 2.38. The Hall–Kier alpha value is -1.22. The number of anilines is 2. The molecule has 1 fully saturated rings. The number of ether oxygens (including phenoxy) is 1. The molecule has 1 aliphatic heterocycles. The number of nitrogens with zero attached hydrogens (tertiary/aromatic N) is 3. The monoisotopic (exact) mass is 296 g/mol. The van der Waals surface area contributed by atoms with Crippen molar-refractivity contribution in [3.8, 4) is 5.75 Å². The van der Waals surface area contributed by atoms with Crippen LogP contribution < -0.4 is 15.4 Å². The largest absolute Gasteiger partial charge is 0.490 e. The maximum absolute atomic E-state index is 12.3. The molecule has 19 heavy (non-hydrogen) atoms. The summed E-state index contributed by atoms with van der Waals surface area (Å²) >= 11 is 1.21. The summed E-state index contributed by atoms with van der Waals surface area (Å²) < 4.78 is 46.0. The number of alkyl halides is 3. The van der Waals surface area contributed by atoms with Crippen molar-refractivity contribution < 1.29 is 17.9 Å². The van der Waals surface area contributed by atoms with Gasteiger partial charge in [-0.1, -0.05) is 0 Å². The average molecular weight is 296 g/mol. The predicted molar refractivity (Wildman–Crippen MR) is 67.8 cm³/mol. The second kappa shape index (κ2) is 5.41. The Labute approximate surface area is 112 Å².